The molecule has 174 valence electrons. The number of alkyl halides is 3. The number of pyridine rings is 1. The molecular weight excluding hydrogens is 460 g/mol. The Kier molecular flexibility index (Phi) is 5.48. The van der Waals surface area contributed by atoms with Gasteiger partial charge in [-0.3, -0.25) is 9.81 Å². The van der Waals surface area contributed by atoms with E-state index in [0.717, 1.165) is 18.2 Å². The van der Waals surface area contributed by atoms with Crippen LogP contribution in [-0.4, -0.2) is 25.2 Å². The quantitative estimate of drug-likeness (QED) is 0.188. The van der Waals surface area contributed by atoms with Crippen LogP contribution in [0, 0.1) is 11.2 Å². The van der Waals surface area contributed by atoms with E-state index in [1.807, 2.05) is 0 Å². The van der Waals surface area contributed by atoms with Crippen molar-refractivity contribution < 1.29 is 17.6 Å². The van der Waals surface area contributed by atoms with Gasteiger partial charge in [-0.25, -0.2) is 19.3 Å². The molecule has 0 saturated heterocycles. The number of halogens is 4. The summed E-state index contributed by atoms with van der Waals surface area (Å²) in [5.41, 5.74) is 0.711. The third-order valence-corrected chi connectivity index (χ3v) is 5.36. The predicted octanol–water partition coefficient (Wildman–Crippen LogP) is 6.05. The summed E-state index contributed by atoms with van der Waals surface area (Å²) in [5.74, 6) is -0.0674. The van der Waals surface area contributed by atoms with Crippen molar-refractivity contribution in [2.75, 3.05) is 5.32 Å². The van der Waals surface area contributed by atoms with Crippen LogP contribution >= 0.6 is 0 Å². The second-order valence-corrected chi connectivity index (χ2v) is 7.60. The lowest BCUT2D eigenvalue weighted by Gasteiger charge is -2.17. The summed E-state index contributed by atoms with van der Waals surface area (Å²) in [5, 5.41) is 11.0. The van der Waals surface area contributed by atoms with Gasteiger partial charge in [-0.15, -0.1) is 0 Å². The van der Waals surface area contributed by atoms with Gasteiger partial charge in [0, 0.05) is 35.4 Å². The highest BCUT2D eigenvalue weighted by atomic mass is 19.4. The molecule has 5 rings (SSSR count). The van der Waals surface area contributed by atoms with Crippen LogP contribution in [0.2, 0.25) is 0 Å². The Morgan fingerprint density at radius 1 is 0.914 bits per heavy atom. The molecule has 2 aromatic carbocycles. The second-order valence-electron chi connectivity index (χ2n) is 7.60. The van der Waals surface area contributed by atoms with Crippen LogP contribution in [0.4, 0.5) is 23.2 Å². The molecule has 0 saturated carbocycles. The molecule has 0 radical (unpaired) electrons. The van der Waals surface area contributed by atoms with Crippen molar-refractivity contribution >= 4 is 17.0 Å². The summed E-state index contributed by atoms with van der Waals surface area (Å²) in [7, 11) is 0. The van der Waals surface area contributed by atoms with Crippen molar-refractivity contribution in [3.63, 3.8) is 0 Å². The Hall–Kier alpha value is -4.60. The van der Waals surface area contributed by atoms with E-state index in [9.17, 15) is 17.6 Å². The first-order chi connectivity index (χ1) is 16.8. The van der Waals surface area contributed by atoms with Crippen LogP contribution < -0.4 is 5.32 Å². The van der Waals surface area contributed by atoms with Gasteiger partial charge >= 0.3 is 6.18 Å². The molecule has 0 unspecified atom stereocenters. The van der Waals surface area contributed by atoms with Gasteiger partial charge < -0.3 is 5.32 Å². The number of anilines is 1. The van der Waals surface area contributed by atoms with Gasteiger partial charge in [0.2, 0.25) is 0 Å². The maximum Gasteiger partial charge on any atom is 0.417 e. The Morgan fingerprint density at radius 3 is 2.37 bits per heavy atom. The lowest BCUT2D eigenvalue weighted by atomic mass is 9.97. The second kappa shape index (κ2) is 8.64. The standard InChI is InChI=1S/C25H16F4N6/c26-16-5-7-17(8-6-16)34-22(30)19-13-15(4-9-20(19)25(27,28)29)18-3-1-12-35-21(18)14-33-24(35)23-31-10-2-11-32-23/h1-14H,(H2,30,34). The molecule has 0 amide bonds. The van der Waals surface area contributed by atoms with Crippen LogP contribution in [0.3, 0.4) is 0 Å². The third kappa shape index (κ3) is 4.33. The van der Waals surface area contributed by atoms with Crippen molar-refractivity contribution in [1.29, 1.82) is 5.41 Å². The van der Waals surface area contributed by atoms with Gasteiger partial charge in [-0.2, -0.15) is 13.2 Å². The van der Waals surface area contributed by atoms with E-state index in [1.165, 1.54) is 24.3 Å². The van der Waals surface area contributed by atoms with Crippen LogP contribution in [-0.2, 0) is 6.18 Å². The molecule has 0 aliphatic carbocycles. The van der Waals surface area contributed by atoms with Gasteiger partial charge in [0.15, 0.2) is 11.6 Å². The molecule has 0 bridgehead atoms. The maximum absolute atomic E-state index is 13.8. The van der Waals surface area contributed by atoms with Crippen LogP contribution in [0.5, 0.6) is 0 Å². The first-order valence-corrected chi connectivity index (χ1v) is 10.4. The lowest BCUT2D eigenvalue weighted by molar-refractivity contribution is -0.137. The van der Waals surface area contributed by atoms with E-state index in [0.29, 0.717) is 34.0 Å². The van der Waals surface area contributed by atoms with Crippen LogP contribution in [0.1, 0.15) is 11.1 Å². The average Bonchev–Trinajstić information content (AvgIpc) is 3.29. The van der Waals surface area contributed by atoms with Crippen LogP contribution in [0.15, 0.2) is 85.5 Å². The Morgan fingerprint density at radius 2 is 1.66 bits per heavy atom. The molecule has 0 atom stereocenters. The molecule has 6 nitrogen and oxygen atoms in total. The Labute approximate surface area is 196 Å². The van der Waals surface area contributed by atoms with Gasteiger partial charge in [-0.1, -0.05) is 12.1 Å². The topological polar surface area (TPSA) is 79.0 Å². The minimum atomic E-state index is -4.68. The van der Waals surface area contributed by atoms with Gasteiger partial charge in [-0.05, 0) is 54.1 Å². The number of nitrogens with one attached hydrogen (secondary N) is 2. The molecule has 0 aliphatic heterocycles. The Balaban J connectivity index is 1.60. The number of nitrogens with zero attached hydrogens (tertiary/aromatic N) is 4. The fourth-order valence-corrected chi connectivity index (χ4v) is 3.76. The zero-order chi connectivity index (χ0) is 24.6. The summed E-state index contributed by atoms with van der Waals surface area (Å²) >= 11 is 0. The van der Waals surface area contributed by atoms with E-state index in [1.54, 1.807) is 47.4 Å². The number of amidine groups is 1. The SMILES string of the molecule is N=C(Nc1ccc(F)cc1)c1cc(-c2cccn3c(-c4ncccn4)ncc23)ccc1C(F)(F)F. The molecule has 0 spiro atoms. The first kappa shape index (κ1) is 22.2. The van der Waals surface area contributed by atoms with Crippen molar-refractivity contribution in [2.24, 2.45) is 0 Å². The molecule has 0 aliphatic rings. The average molecular weight is 476 g/mol. The zero-order valence-electron chi connectivity index (χ0n) is 17.9. The highest BCUT2D eigenvalue weighted by Gasteiger charge is 2.34. The molecule has 35 heavy (non-hydrogen) atoms. The van der Waals surface area contributed by atoms with Gasteiger partial charge in [0.25, 0.3) is 0 Å². The lowest BCUT2D eigenvalue weighted by Crippen LogP contribution is -2.19. The molecule has 0 fully saturated rings. The predicted molar refractivity (Wildman–Crippen MR) is 124 cm³/mol. The largest absolute Gasteiger partial charge is 0.417 e. The monoisotopic (exact) mass is 476 g/mol. The number of fused-ring (bicyclic) bond motifs is 1. The normalized spacial score (nSPS) is 11.5. The molecule has 3 heterocycles. The third-order valence-electron chi connectivity index (χ3n) is 5.36. The number of imidazole rings is 1. The van der Waals surface area contributed by atoms with E-state index >= 15 is 0 Å². The summed E-state index contributed by atoms with van der Waals surface area (Å²) in [4.78, 5) is 12.8. The fraction of sp³-hybridized carbons (Fsp3) is 0.0400. The van der Waals surface area contributed by atoms with Crippen molar-refractivity contribution in [3.8, 4) is 22.8 Å². The summed E-state index contributed by atoms with van der Waals surface area (Å²) in [6.07, 6.45) is 1.87. The maximum atomic E-state index is 13.8. The minimum absolute atomic E-state index is 0.292. The highest BCUT2D eigenvalue weighted by molar-refractivity contribution is 6.08. The Bertz CT molecular complexity index is 1530. The smallest absolute Gasteiger partial charge is 0.340 e. The molecule has 10 heteroatoms. The van der Waals surface area contributed by atoms with E-state index in [4.69, 9.17) is 5.41 Å². The van der Waals surface area contributed by atoms with Gasteiger partial charge in [0.1, 0.15) is 11.7 Å². The van der Waals surface area contributed by atoms with Gasteiger partial charge in [0.05, 0.1) is 17.3 Å². The van der Waals surface area contributed by atoms with E-state index in [2.05, 4.69) is 20.3 Å². The number of aromatic nitrogens is 4. The number of benzene rings is 2. The molecule has 2 N–H and O–H groups in total. The minimum Gasteiger partial charge on any atom is -0.340 e. The van der Waals surface area contributed by atoms with E-state index < -0.39 is 23.4 Å². The van der Waals surface area contributed by atoms with Crippen molar-refractivity contribution in [2.45, 2.75) is 6.18 Å². The fourth-order valence-electron chi connectivity index (χ4n) is 3.76. The molecular formula is C25H16F4N6. The summed E-state index contributed by atoms with van der Waals surface area (Å²) in [6.45, 7) is 0. The van der Waals surface area contributed by atoms with E-state index in [-0.39, 0.29) is 5.56 Å². The first-order valence-electron chi connectivity index (χ1n) is 10.4. The van der Waals surface area contributed by atoms with Crippen LogP contribution in [0.25, 0.3) is 28.3 Å². The zero-order valence-corrected chi connectivity index (χ0v) is 17.9. The summed E-state index contributed by atoms with van der Waals surface area (Å²) < 4.78 is 56.3. The highest BCUT2D eigenvalue weighted by Crippen LogP contribution is 2.36. The molecule has 5 aromatic rings. The van der Waals surface area contributed by atoms with Crippen molar-refractivity contribution in [3.05, 3.63) is 102 Å². The number of hydrogen-bond donors (Lipinski definition) is 2. The van der Waals surface area contributed by atoms with Crippen molar-refractivity contribution in [1.82, 2.24) is 19.4 Å². The number of hydrogen-bond acceptors (Lipinski definition) is 4. The number of rotatable bonds is 4. The molecule has 3 aromatic heterocycles. The summed E-state index contributed by atoms with van der Waals surface area (Å²) in [6, 6.07) is 13.8.